The highest BCUT2D eigenvalue weighted by Gasteiger charge is 2.24. The number of ether oxygens (including phenoxy) is 1. The largest absolute Gasteiger partial charge is 0.498 e. The van der Waals surface area contributed by atoms with Crippen LogP contribution in [0.1, 0.15) is 38.2 Å². The van der Waals surface area contributed by atoms with Crippen LogP contribution in [0.3, 0.4) is 0 Å². The van der Waals surface area contributed by atoms with Crippen molar-refractivity contribution >= 4 is 17.4 Å². The molecule has 0 heterocycles. The first kappa shape index (κ1) is 14.1. The molecule has 0 unspecified atom stereocenters. The average Bonchev–Trinajstić information content (AvgIpc) is 2.38. The van der Waals surface area contributed by atoms with Gasteiger partial charge in [0, 0.05) is 23.4 Å². The van der Waals surface area contributed by atoms with Gasteiger partial charge in [-0.15, -0.1) is 0 Å². The fraction of sp³-hybridized carbons (Fsp3) is 0.438. The van der Waals surface area contributed by atoms with Crippen LogP contribution < -0.4 is 0 Å². The van der Waals surface area contributed by atoms with E-state index in [1.54, 1.807) is 6.08 Å². The average molecular weight is 279 g/mol. The number of carbonyl (C=O) groups excluding carboxylic acids is 1. The molecule has 0 aliphatic heterocycles. The first-order valence-electron chi connectivity index (χ1n) is 6.69. The van der Waals surface area contributed by atoms with Crippen LogP contribution >= 0.6 is 11.6 Å². The zero-order valence-electron chi connectivity index (χ0n) is 11.4. The van der Waals surface area contributed by atoms with E-state index in [2.05, 4.69) is 13.8 Å². The van der Waals surface area contributed by atoms with Crippen LogP contribution in [0, 0.1) is 5.92 Å². The van der Waals surface area contributed by atoms with Crippen molar-refractivity contribution in [2.75, 3.05) is 6.61 Å². The van der Waals surface area contributed by atoms with Crippen LogP contribution in [0.25, 0.3) is 0 Å². The van der Waals surface area contributed by atoms with Gasteiger partial charge in [-0.05, 0) is 30.0 Å². The quantitative estimate of drug-likeness (QED) is 0.819. The van der Waals surface area contributed by atoms with E-state index in [-0.39, 0.29) is 11.7 Å². The molecule has 1 aliphatic carbocycles. The SMILES string of the molecule is CC(C)COC1=CC(=O)[C@@H](c2ccc(Cl)cc2)CC1. The Hall–Kier alpha value is -1.28. The summed E-state index contributed by atoms with van der Waals surface area (Å²) in [5, 5.41) is 0.698. The fourth-order valence-electron chi connectivity index (χ4n) is 2.17. The van der Waals surface area contributed by atoms with Gasteiger partial charge in [0.15, 0.2) is 5.78 Å². The molecule has 0 bridgehead atoms. The Morgan fingerprint density at radius 1 is 1.32 bits per heavy atom. The lowest BCUT2D eigenvalue weighted by Gasteiger charge is -2.22. The maximum atomic E-state index is 12.1. The molecule has 0 fully saturated rings. The van der Waals surface area contributed by atoms with E-state index < -0.39 is 0 Å². The van der Waals surface area contributed by atoms with E-state index in [9.17, 15) is 4.79 Å². The van der Waals surface area contributed by atoms with Crippen LogP contribution in [0.4, 0.5) is 0 Å². The van der Waals surface area contributed by atoms with E-state index in [0.717, 1.165) is 24.2 Å². The minimum Gasteiger partial charge on any atom is -0.498 e. The number of hydrogen-bond acceptors (Lipinski definition) is 2. The van der Waals surface area contributed by atoms with Crippen molar-refractivity contribution in [3.63, 3.8) is 0 Å². The highest BCUT2D eigenvalue weighted by atomic mass is 35.5. The summed E-state index contributed by atoms with van der Waals surface area (Å²) in [5.74, 6) is 1.38. The lowest BCUT2D eigenvalue weighted by molar-refractivity contribution is -0.116. The molecule has 1 atom stereocenters. The Morgan fingerprint density at radius 3 is 2.58 bits per heavy atom. The van der Waals surface area contributed by atoms with Crippen molar-refractivity contribution in [2.45, 2.75) is 32.6 Å². The van der Waals surface area contributed by atoms with Gasteiger partial charge in [0.2, 0.25) is 0 Å². The number of allylic oxidation sites excluding steroid dienone is 2. The molecule has 1 aromatic rings. The number of halogens is 1. The molecule has 0 radical (unpaired) electrons. The summed E-state index contributed by atoms with van der Waals surface area (Å²) in [6.07, 6.45) is 3.29. The summed E-state index contributed by atoms with van der Waals surface area (Å²) >= 11 is 5.86. The van der Waals surface area contributed by atoms with Crippen molar-refractivity contribution in [3.05, 3.63) is 46.7 Å². The van der Waals surface area contributed by atoms with Crippen LogP contribution in [0.15, 0.2) is 36.1 Å². The monoisotopic (exact) mass is 278 g/mol. The van der Waals surface area contributed by atoms with Crippen molar-refractivity contribution in [3.8, 4) is 0 Å². The van der Waals surface area contributed by atoms with E-state index in [4.69, 9.17) is 16.3 Å². The zero-order chi connectivity index (χ0) is 13.8. The Bertz CT molecular complexity index is 474. The van der Waals surface area contributed by atoms with Crippen molar-refractivity contribution in [1.29, 1.82) is 0 Å². The summed E-state index contributed by atoms with van der Waals surface area (Å²) in [6.45, 7) is 4.87. The van der Waals surface area contributed by atoms with Crippen LogP contribution in [0.5, 0.6) is 0 Å². The number of hydrogen-bond donors (Lipinski definition) is 0. The third kappa shape index (κ3) is 3.84. The number of ketones is 1. The van der Waals surface area contributed by atoms with E-state index >= 15 is 0 Å². The fourth-order valence-corrected chi connectivity index (χ4v) is 2.30. The van der Waals surface area contributed by atoms with Gasteiger partial charge in [-0.1, -0.05) is 37.6 Å². The van der Waals surface area contributed by atoms with Gasteiger partial charge in [-0.2, -0.15) is 0 Å². The predicted octanol–water partition coefficient (Wildman–Crippen LogP) is 4.34. The minimum absolute atomic E-state index is 0.0522. The first-order valence-corrected chi connectivity index (χ1v) is 7.06. The Kier molecular flexibility index (Phi) is 4.65. The van der Waals surface area contributed by atoms with E-state index in [1.165, 1.54) is 0 Å². The van der Waals surface area contributed by atoms with Gasteiger partial charge in [0.25, 0.3) is 0 Å². The first-order chi connectivity index (χ1) is 9.06. The van der Waals surface area contributed by atoms with Gasteiger partial charge in [-0.25, -0.2) is 0 Å². The molecule has 1 aromatic carbocycles. The van der Waals surface area contributed by atoms with Gasteiger partial charge in [0.1, 0.15) is 0 Å². The standard InChI is InChI=1S/C16H19ClO2/c1-11(2)10-19-14-7-8-15(16(18)9-14)12-3-5-13(17)6-4-12/h3-6,9,11,15H,7-8,10H2,1-2H3/t15-/m1/s1. The van der Waals surface area contributed by atoms with Crippen molar-refractivity contribution in [1.82, 2.24) is 0 Å². The van der Waals surface area contributed by atoms with Gasteiger partial charge in [0.05, 0.1) is 12.4 Å². The second-order valence-electron chi connectivity index (χ2n) is 5.36. The molecule has 0 N–H and O–H groups in total. The smallest absolute Gasteiger partial charge is 0.166 e. The van der Waals surface area contributed by atoms with E-state index in [1.807, 2.05) is 24.3 Å². The zero-order valence-corrected chi connectivity index (χ0v) is 12.1. The molecular weight excluding hydrogens is 260 g/mol. The normalized spacial score (nSPS) is 19.5. The molecule has 0 amide bonds. The second-order valence-corrected chi connectivity index (χ2v) is 5.80. The topological polar surface area (TPSA) is 26.3 Å². The summed E-state index contributed by atoms with van der Waals surface area (Å²) < 4.78 is 5.64. The maximum absolute atomic E-state index is 12.1. The number of rotatable bonds is 4. The molecule has 0 aromatic heterocycles. The highest BCUT2D eigenvalue weighted by Crippen LogP contribution is 2.30. The third-order valence-corrected chi connectivity index (χ3v) is 3.45. The van der Waals surface area contributed by atoms with Crippen molar-refractivity contribution in [2.24, 2.45) is 5.92 Å². The molecule has 0 spiro atoms. The summed E-state index contributed by atoms with van der Waals surface area (Å²) in [6, 6.07) is 7.52. The molecule has 0 saturated heterocycles. The minimum atomic E-state index is -0.0522. The summed E-state index contributed by atoms with van der Waals surface area (Å²) in [5.41, 5.74) is 1.04. The summed E-state index contributed by atoms with van der Waals surface area (Å²) in [7, 11) is 0. The third-order valence-electron chi connectivity index (χ3n) is 3.20. The molecule has 19 heavy (non-hydrogen) atoms. The molecule has 3 heteroatoms. The number of benzene rings is 1. The molecule has 102 valence electrons. The highest BCUT2D eigenvalue weighted by molar-refractivity contribution is 6.30. The molecular formula is C16H19ClO2. The Morgan fingerprint density at radius 2 is 2.00 bits per heavy atom. The Balaban J connectivity index is 2.04. The molecule has 2 rings (SSSR count). The lowest BCUT2D eigenvalue weighted by Crippen LogP contribution is -2.17. The molecule has 2 nitrogen and oxygen atoms in total. The van der Waals surface area contributed by atoms with Gasteiger partial charge in [-0.3, -0.25) is 4.79 Å². The van der Waals surface area contributed by atoms with Crippen LogP contribution in [-0.4, -0.2) is 12.4 Å². The Labute approximate surface area is 119 Å². The van der Waals surface area contributed by atoms with Crippen LogP contribution in [-0.2, 0) is 9.53 Å². The van der Waals surface area contributed by atoms with Crippen molar-refractivity contribution < 1.29 is 9.53 Å². The molecule has 1 aliphatic rings. The summed E-state index contributed by atoms with van der Waals surface area (Å²) in [4.78, 5) is 12.1. The lowest BCUT2D eigenvalue weighted by atomic mass is 9.86. The van der Waals surface area contributed by atoms with E-state index in [0.29, 0.717) is 17.5 Å². The van der Waals surface area contributed by atoms with Crippen LogP contribution in [0.2, 0.25) is 5.02 Å². The molecule has 0 saturated carbocycles. The van der Waals surface area contributed by atoms with Gasteiger partial charge < -0.3 is 4.74 Å². The maximum Gasteiger partial charge on any atom is 0.166 e. The number of carbonyl (C=O) groups is 1. The predicted molar refractivity (Wildman–Crippen MR) is 77.3 cm³/mol. The van der Waals surface area contributed by atoms with Gasteiger partial charge >= 0.3 is 0 Å². The second kappa shape index (κ2) is 6.25.